The van der Waals surface area contributed by atoms with E-state index in [0.717, 1.165) is 16.1 Å². The lowest BCUT2D eigenvalue weighted by Crippen LogP contribution is -2.48. The fraction of sp³-hybridized carbons (Fsp3) is 0.263. The molecule has 1 aliphatic heterocycles. The van der Waals surface area contributed by atoms with Crippen molar-refractivity contribution in [2.24, 2.45) is 0 Å². The third-order valence-corrected chi connectivity index (χ3v) is 5.37. The molecule has 1 N–H and O–H groups in total. The Bertz CT molecular complexity index is 1030. The molecule has 1 atom stereocenters. The summed E-state index contributed by atoms with van der Waals surface area (Å²) in [5.74, 6) is -0.745. The molecule has 0 fully saturated rings. The van der Waals surface area contributed by atoms with Crippen LogP contribution in [-0.4, -0.2) is 46.3 Å². The summed E-state index contributed by atoms with van der Waals surface area (Å²) in [7, 11) is -2.34. The first kappa shape index (κ1) is 19.7. The van der Waals surface area contributed by atoms with Gasteiger partial charge in [0.15, 0.2) is 6.10 Å². The SMILES string of the molecule is COC(=O)c1cccc(NC(=O)[C@@H]2CN(S(C)(=O)=O)c3cc(C)ccc3O2)c1. The molecule has 9 heteroatoms. The van der Waals surface area contributed by atoms with E-state index in [4.69, 9.17) is 4.74 Å². The third-order valence-electron chi connectivity index (χ3n) is 4.23. The summed E-state index contributed by atoms with van der Waals surface area (Å²) in [4.78, 5) is 24.3. The molecule has 2 aromatic rings. The summed E-state index contributed by atoms with van der Waals surface area (Å²) in [6.45, 7) is 1.69. The molecule has 0 aliphatic carbocycles. The van der Waals surface area contributed by atoms with Crippen molar-refractivity contribution in [3.8, 4) is 5.75 Å². The van der Waals surface area contributed by atoms with Gasteiger partial charge in [-0.1, -0.05) is 12.1 Å². The average Bonchev–Trinajstić information content (AvgIpc) is 2.65. The van der Waals surface area contributed by atoms with Gasteiger partial charge in [0, 0.05) is 5.69 Å². The summed E-state index contributed by atoms with van der Waals surface area (Å²) in [6, 6.07) is 11.4. The first-order chi connectivity index (χ1) is 13.2. The Morgan fingerprint density at radius 3 is 2.64 bits per heavy atom. The van der Waals surface area contributed by atoms with Gasteiger partial charge in [0.2, 0.25) is 10.0 Å². The topological polar surface area (TPSA) is 102 Å². The number of hydrogen-bond acceptors (Lipinski definition) is 6. The van der Waals surface area contributed by atoms with Crippen molar-refractivity contribution < 1.29 is 27.5 Å². The van der Waals surface area contributed by atoms with E-state index < -0.39 is 28.0 Å². The number of esters is 1. The number of sulfonamides is 1. The predicted molar refractivity (Wildman–Crippen MR) is 104 cm³/mol. The highest BCUT2D eigenvalue weighted by molar-refractivity contribution is 7.92. The minimum Gasteiger partial charge on any atom is -0.476 e. The van der Waals surface area contributed by atoms with Crippen molar-refractivity contribution in [2.45, 2.75) is 13.0 Å². The summed E-state index contributed by atoms with van der Waals surface area (Å²) in [6.07, 6.45) is 0.0332. The molecule has 1 heterocycles. The van der Waals surface area contributed by atoms with Crippen molar-refractivity contribution in [1.82, 2.24) is 0 Å². The molecule has 1 amide bonds. The standard InChI is InChI=1S/C19H20N2O6S/c1-12-7-8-16-15(9-12)21(28(3,24)25)11-17(27-16)18(22)20-14-6-4-5-13(10-14)19(23)26-2/h4-10,17H,11H2,1-3H3,(H,20,22)/t17-/m0/s1. The van der Waals surface area contributed by atoms with Gasteiger partial charge in [0.25, 0.3) is 5.91 Å². The zero-order valence-corrected chi connectivity index (χ0v) is 16.4. The van der Waals surface area contributed by atoms with E-state index >= 15 is 0 Å². The number of aryl methyl sites for hydroxylation is 1. The highest BCUT2D eigenvalue weighted by atomic mass is 32.2. The Hall–Kier alpha value is -3.07. The number of nitrogens with one attached hydrogen (secondary N) is 1. The summed E-state index contributed by atoms with van der Waals surface area (Å²) >= 11 is 0. The van der Waals surface area contributed by atoms with Crippen molar-refractivity contribution >= 4 is 33.3 Å². The van der Waals surface area contributed by atoms with Crippen LogP contribution in [0.5, 0.6) is 5.75 Å². The van der Waals surface area contributed by atoms with Crippen LogP contribution in [0.25, 0.3) is 0 Å². The summed E-state index contributed by atoms with van der Waals surface area (Å²) in [5, 5.41) is 2.65. The molecule has 0 aromatic heterocycles. The normalized spacial score (nSPS) is 16.0. The number of hydrogen-bond donors (Lipinski definition) is 1. The molecule has 1 aliphatic rings. The number of fused-ring (bicyclic) bond motifs is 1. The molecule has 148 valence electrons. The maximum atomic E-state index is 12.7. The van der Waals surface area contributed by atoms with Crippen LogP contribution in [0.4, 0.5) is 11.4 Å². The van der Waals surface area contributed by atoms with Crippen molar-refractivity contribution in [1.29, 1.82) is 0 Å². The fourth-order valence-electron chi connectivity index (χ4n) is 2.88. The lowest BCUT2D eigenvalue weighted by Gasteiger charge is -2.34. The third kappa shape index (κ3) is 4.09. The molecular weight excluding hydrogens is 384 g/mol. The second kappa shape index (κ2) is 7.51. The number of anilines is 2. The molecule has 28 heavy (non-hydrogen) atoms. The smallest absolute Gasteiger partial charge is 0.337 e. The van der Waals surface area contributed by atoms with Gasteiger partial charge >= 0.3 is 5.97 Å². The van der Waals surface area contributed by atoms with E-state index in [0.29, 0.717) is 17.1 Å². The number of benzene rings is 2. The quantitative estimate of drug-likeness (QED) is 0.782. The maximum absolute atomic E-state index is 12.7. The lowest BCUT2D eigenvalue weighted by molar-refractivity contribution is -0.122. The van der Waals surface area contributed by atoms with Crippen LogP contribution in [-0.2, 0) is 19.6 Å². The Morgan fingerprint density at radius 2 is 1.96 bits per heavy atom. The van der Waals surface area contributed by atoms with Gasteiger partial charge in [0.1, 0.15) is 5.75 Å². The van der Waals surface area contributed by atoms with Gasteiger partial charge in [-0.15, -0.1) is 0 Å². The molecule has 0 saturated carbocycles. The number of carbonyl (C=O) groups is 2. The highest BCUT2D eigenvalue weighted by Gasteiger charge is 2.35. The Balaban J connectivity index is 1.85. The van der Waals surface area contributed by atoms with E-state index in [1.54, 1.807) is 36.4 Å². The molecular formula is C19H20N2O6S. The first-order valence-electron chi connectivity index (χ1n) is 8.43. The van der Waals surface area contributed by atoms with E-state index in [9.17, 15) is 18.0 Å². The van der Waals surface area contributed by atoms with Crippen molar-refractivity contribution in [2.75, 3.05) is 29.5 Å². The van der Waals surface area contributed by atoms with Gasteiger partial charge in [-0.3, -0.25) is 9.10 Å². The van der Waals surface area contributed by atoms with Crippen LogP contribution in [0.15, 0.2) is 42.5 Å². The summed E-state index contributed by atoms with van der Waals surface area (Å²) < 4.78 is 36.0. The number of ether oxygens (including phenoxy) is 2. The number of nitrogens with zero attached hydrogens (tertiary/aromatic N) is 1. The molecule has 0 spiro atoms. The monoisotopic (exact) mass is 404 g/mol. The molecule has 0 radical (unpaired) electrons. The second-order valence-corrected chi connectivity index (χ2v) is 8.34. The predicted octanol–water partition coefficient (Wildman–Crippen LogP) is 1.95. The van der Waals surface area contributed by atoms with Crippen LogP contribution >= 0.6 is 0 Å². The zero-order valence-electron chi connectivity index (χ0n) is 15.6. The average molecular weight is 404 g/mol. The number of methoxy groups -OCH3 is 1. The second-order valence-electron chi connectivity index (χ2n) is 6.43. The molecule has 8 nitrogen and oxygen atoms in total. The van der Waals surface area contributed by atoms with Crippen LogP contribution in [0.3, 0.4) is 0 Å². The molecule has 0 unspecified atom stereocenters. The highest BCUT2D eigenvalue weighted by Crippen LogP contribution is 2.36. The van der Waals surface area contributed by atoms with Crippen molar-refractivity contribution in [3.05, 3.63) is 53.6 Å². The Morgan fingerprint density at radius 1 is 1.21 bits per heavy atom. The fourth-order valence-corrected chi connectivity index (χ4v) is 3.78. The summed E-state index contributed by atoms with van der Waals surface area (Å²) in [5.41, 5.74) is 1.93. The first-order valence-corrected chi connectivity index (χ1v) is 10.3. The Labute approximate surface area is 163 Å². The van der Waals surface area contributed by atoms with E-state index in [2.05, 4.69) is 10.1 Å². The minimum atomic E-state index is -3.60. The van der Waals surface area contributed by atoms with E-state index in [1.165, 1.54) is 13.2 Å². The van der Waals surface area contributed by atoms with Gasteiger partial charge in [-0.25, -0.2) is 13.2 Å². The van der Waals surface area contributed by atoms with E-state index in [1.807, 2.05) is 6.92 Å². The van der Waals surface area contributed by atoms with E-state index in [-0.39, 0.29) is 12.1 Å². The van der Waals surface area contributed by atoms with Gasteiger partial charge in [-0.2, -0.15) is 0 Å². The largest absolute Gasteiger partial charge is 0.476 e. The van der Waals surface area contributed by atoms with Crippen LogP contribution < -0.4 is 14.4 Å². The molecule has 2 aromatic carbocycles. The Kier molecular flexibility index (Phi) is 5.28. The van der Waals surface area contributed by atoms with Crippen LogP contribution in [0, 0.1) is 6.92 Å². The molecule has 3 rings (SSSR count). The lowest BCUT2D eigenvalue weighted by atomic mass is 10.1. The van der Waals surface area contributed by atoms with Crippen LogP contribution in [0.1, 0.15) is 15.9 Å². The maximum Gasteiger partial charge on any atom is 0.337 e. The van der Waals surface area contributed by atoms with Crippen molar-refractivity contribution in [3.63, 3.8) is 0 Å². The van der Waals surface area contributed by atoms with Gasteiger partial charge in [-0.05, 0) is 42.8 Å². The molecule has 0 saturated heterocycles. The number of rotatable bonds is 4. The zero-order chi connectivity index (χ0) is 20.5. The minimum absolute atomic E-state index is 0.155. The number of amides is 1. The van der Waals surface area contributed by atoms with Crippen LogP contribution in [0.2, 0.25) is 0 Å². The van der Waals surface area contributed by atoms with Gasteiger partial charge < -0.3 is 14.8 Å². The number of carbonyl (C=O) groups excluding carboxylic acids is 2. The van der Waals surface area contributed by atoms with Gasteiger partial charge in [0.05, 0.1) is 31.2 Å². The molecule has 0 bridgehead atoms.